The van der Waals surface area contributed by atoms with E-state index >= 15 is 0 Å². The van der Waals surface area contributed by atoms with Crippen LogP contribution in [0.4, 0.5) is 0 Å². The van der Waals surface area contributed by atoms with E-state index < -0.39 is 0 Å². The van der Waals surface area contributed by atoms with Crippen LogP contribution in [0.5, 0.6) is 0 Å². The van der Waals surface area contributed by atoms with Gasteiger partial charge >= 0.3 is 0 Å². The highest BCUT2D eigenvalue weighted by Gasteiger charge is 1.99. The lowest BCUT2D eigenvalue weighted by molar-refractivity contribution is 0.865. The maximum atomic E-state index is 8.48. The number of rotatable bonds is 4. The van der Waals surface area contributed by atoms with Crippen LogP contribution in [0, 0.1) is 11.3 Å². The number of nitrogens with zero attached hydrogens (tertiary/aromatic N) is 1. The maximum Gasteiger partial charge on any atom is 0.0663 e. The van der Waals surface area contributed by atoms with Gasteiger partial charge < -0.3 is 0 Å². The Balaban J connectivity index is 2.66. The monoisotopic (exact) mass is 213 g/mol. The molecule has 0 aliphatic carbocycles. The summed E-state index contributed by atoms with van der Waals surface area (Å²) in [7, 11) is 0. The fraction of sp³-hybridized carbons (Fsp3) is 0.400. The van der Waals surface area contributed by atoms with Gasteiger partial charge in [0.2, 0.25) is 0 Å². The first-order valence-electron chi connectivity index (χ1n) is 5.75. The van der Waals surface area contributed by atoms with Crippen molar-refractivity contribution in [2.75, 3.05) is 0 Å². The van der Waals surface area contributed by atoms with E-state index in [-0.39, 0.29) is 0 Å². The topological polar surface area (TPSA) is 23.8 Å². The van der Waals surface area contributed by atoms with E-state index in [1.165, 1.54) is 16.7 Å². The maximum absolute atomic E-state index is 8.48. The highest BCUT2D eigenvalue weighted by Crippen LogP contribution is 2.16. The predicted molar refractivity (Wildman–Crippen MR) is 68.2 cm³/mol. The van der Waals surface area contributed by atoms with E-state index in [2.05, 4.69) is 51.1 Å². The Morgan fingerprint density at radius 3 is 2.44 bits per heavy atom. The average molecular weight is 213 g/mol. The first-order valence-corrected chi connectivity index (χ1v) is 5.75. The van der Waals surface area contributed by atoms with Crippen molar-refractivity contribution in [3.63, 3.8) is 0 Å². The highest BCUT2D eigenvalue weighted by molar-refractivity contribution is 5.27. The molecule has 1 aromatic carbocycles. The summed E-state index contributed by atoms with van der Waals surface area (Å²) in [5.74, 6) is 0.587. The molecule has 1 rings (SSSR count). The molecule has 0 aliphatic rings. The van der Waals surface area contributed by atoms with Gasteiger partial charge in [0.15, 0.2) is 0 Å². The van der Waals surface area contributed by atoms with E-state index in [1.807, 2.05) is 6.08 Å². The molecule has 0 fully saturated rings. The van der Waals surface area contributed by atoms with Crippen molar-refractivity contribution >= 4 is 0 Å². The Morgan fingerprint density at radius 2 is 1.94 bits per heavy atom. The van der Waals surface area contributed by atoms with Crippen LogP contribution in [-0.4, -0.2) is 0 Å². The van der Waals surface area contributed by atoms with Crippen LogP contribution in [0.1, 0.15) is 44.2 Å². The third-order valence-electron chi connectivity index (χ3n) is 2.67. The van der Waals surface area contributed by atoms with Crippen LogP contribution < -0.4 is 0 Å². The molecule has 0 unspecified atom stereocenters. The average Bonchev–Trinajstić information content (AvgIpc) is 2.27. The molecule has 0 amide bonds. The molecule has 0 radical (unpaired) electrons. The second kappa shape index (κ2) is 6.12. The molecule has 0 saturated carbocycles. The standard InChI is InChI=1S/C15H19N/c1-12(2)15-8-6-14(7-9-15)11-13(3)5-4-10-16/h5-9,12H,4,11H2,1-3H3. The van der Waals surface area contributed by atoms with Crippen molar-refractivity contribution < 1.29 is 0 Å². The minimum absolute atomic E-state index is 0.510. The molecule has 1 heteroatoms. The molecular weight excluding hydrogens is 194 g/mol. The summed E-state index contributed by atoms with van der Waals surface area (Å²) in [6, 6.07) is 10.9. The lowest BCUT2D eigenvalue weighted by Crippen LogP contribution is -1.90. The van der Waals surface area contributed by atoms with E-state index in [1.54, 1.807) is 0 Å². The van der Waals surface area contributed by atoms with Crippen LogP contribution >= 0.6 is 0 Å². The van der Waals surface area contributed by atoms with Gasteiger partial charge in [0, 0.05) is 0 Å². The van der Waals surface area contributed by atoms with Crippen molar-refractivity contribution in [1.82, 2.24) is 0 Å². The van der Waals surface area contributed by atoms with Gasteiger partial charge in [-0.2, -0.15) is 5.26 Å². The van der Waals surface area contributed by atoms with Crippen LogP contribution in [-0.2, 0) is 6.42 Å². The van der Waals surface area contributed by atoms with E-state index in [4.69, 9.17) is 5.26 Å². The zero-order valence-corrected chi connectivity index (χ0v) is 10.3. The summed E-state index contributed by atoms with van der Waals surface area (Å²) in [6.07, 6.45) is 3.45. The smallest absolute Gasteiger partial charge is 0.0663 e. The van der Waals surface area contributed by atoms with E-state index in [0.717, 1.165) is 6.42 Å². The normalized spacial score (nSPS) is 11.6. The minimum Gasteiger partial charge on any atom is -0.198 e. The Hall–Kier alpha value is -1.55. The van der Waals surface area contributed by atoms with Gasteiger partial charge in [-0.05, 0) is 30.4 Å². The number of hydrogen-bond donors (Lipinski definition) is 0. The zero-order valence-electron chi connectivity index (χ0n) is 10.3. The number of allylic oxidation sites excluding steroid dienone is 2. The Bertz CT molecular complexity index is 390. The van der Waals surface area contributed by atoms with Crippen LogP contribution in [0.2, 0.25) is 0 Å². The van der Waals surface area contributed by atoms with E-state index in [9.17, 15) is 0 Å². The molecule has 0 heterocycles. The summed E-state index contributed by atoms with van der Waals surface area (Å²) in [4.78, 5) is 0. The quantitative estimate of drug-likeness (QED) is 0.687. The molecule has 84 valence electrons. The SMILES string of the molecule is CC(=CCC#N)Cc1ccc(C(C)C)cc1. The Morgan fingerprint density at radius 1 is 1.31 bits per heavy atom. The van der Waals surface area contributed by atoms with Crippen molar-refractivity contribution in [1.29, 1.82) is 5.26 Å². The Kier molecular flexibility index (Phi) is 4.79. The number of hydrogen-bond acceptors (Lipinski definition) is 1. The predicted octanol–water partition coefficient (Wildman–Crippen LogP) is 4.21. The molecule has 0 aromatic heterocycles. The summed E-state index contributed by atoms with van der Waals surface area (Å²) >= 11 is 0. The van der Waals surface area contributed by atoms with Gasteiger partial charge in [0.05, 0.1) is 12.5 Å². The number of nitriles is 1. The summed E-state index contributed by atoms with van der Waals surface area (Å²) < 4.78 is 0. The van der Waals surface area contributed by atoms with Crippen LogP contribution in [0.15, 0.2) is 35.9 Å². The minimum atomic E-state index is 0.510. The van der Waals surface area contributed by atoms with E-state index in [0.29, 0.717) is 12.3 Å². The number of benzene rings is 1. The van der Waals surface area contributed by atoms with Gasteiger partial charge in [0.1, 0.15) is 0 Å². The largest absolute Gasteiger partial charge is 0.198 e. The fourth-order valence-electron chi connectivity index (χ4n) is 1.63. The third-order valence-corrected chi connectivity index (χ3v) is 2.67. The Labute approximate surface area is 98.4 Å². The second-order valence-electron chi connectivity index (χ2n) is 4.49. The van der Waals surface area contributed by atoms with Crippen molar-refractivity contribution in [3.8, 4) is 6.07 Å². The van der Waals surface area contributed by atoms with Gasteiger partial charge in [-0.15, -0.1) is 0 Å². The highest BCUT2D eigenvalue weighted by atomic mass is 14.2. The summed E-state index contributed by atoms with van der Waals surface area (Å²) in [6.45, 7) is 6.48. The summed E-state index contributed by atoms with van der Waals surface area (Å²) in [5.41, 5.74) is 3.96. The third kappa shape index (κ3) is 3.90. The van der Waals surface area contributed by atoms with Crippen molar-refractivity contribution in [2.45, 2.75) is 39.5 Å². The molecular formula is C15H19N. The fourth-order valence-corrected chi connectivity index (χ4v) is 1.63. The van der Waals surface area contributed by atoms with Gasteiger partial charge in [-0.25, -0.2) is 0 Å². The molecule has 0 N–H and O–H groups in total. The first-order chi connectivity index (χ1) is 7.63. The van der Waals surface area contributed by atoms with Crippen LogP contribution in [0.3, 0.4) is 0 Å². The molecule has 1 aromatic rings. The molecule has 0 aliphatic heterocycles. The first kappa shape index (κ1) is 12.5. The van der Waals surface area contributed by atoms with Gasteiger partial charge in [-0.3, -0.25) is 0 Å². The molecule has 1 nitrogen and oxygen atoms in total. The van der Waals surface area contributed by atoms with Gasteiger partial charge in [0.25, 0.3) is 0 Å². The molecule has 0 saturated heterocycles. The molecule has 0 atom stereocenters. The molecule has 0 spiro atoms. The summed E-state index contributed by atoms with van der Waals surface area (Å²) in [5, 5.41) is 8.48. The second-order valence-corrected chi connectivity index (χ2v) is 4.49. The van der Waals surface area contributed by atoms with Crippen LogP contribution in [0.25, 0.3) is 0 Å². The lowest BCUT2D eigenvalue weighted by atomic mass is 9.99. The zero-order chi connectivity index (χ0) is 12.0. The van der Waals surface area contributed by atoms with Crippen molar-refractivity contribution in [3.05, 3.63) is 47.0 Å². The van der Waals surface area contributed by atoms with Gasteiger partial charge in [-0.1, -0.05) is 49.8 Å². The lowest BCUT2D eigenvalue weighted by Gasteiger charge is -2.07. The molecule has 0 bridgehead atoms. The van der Waals surface area contributed by atoms with Crippen molar-refractivity contribution in [2.24, 2.45) is 0 Å². The molecule has 16 heavy (non-hydrogen) atoms.